The minimum Gasteiger partial charge on any atom is -0.343 e. The van der Waals surface area contributed by atoms with Crippen LogP contribution in [0.5, 0.6) is 0 Å². The van der Waals surface area contributed by atoms with Gasteiger partial charge in [0.25, 0.3) is 11.8 Å². The normalized spacial score (nSPS) is 18.4. The van der Waals surface area contributed by atoms with Crippen LogP contribution in [-0.4, -0.2) is 92.8 Å². The number of likely N-dealkylation sites (tertiary alicyclic amines) is 1. The summed E-state index contributed by atoms with van der Waals surface area (Å²) in [6.07, 6.45) is 11.8. The molecule has 55 heavy (non-hydrogen) atoms. The minimum atomic E-state index is -1.01. The van der Waals surface area contributed by atoms with Crippen LogP contribution in [0.1, 0.15) is 133 Å². The molecule has 1 aliphatic heterocycles. The van der Waals surface area contributed by atoms with Gasteiger partial charge in [-0.05, 0) is 69.3 Å². The number of nitrogens with zero attached hydrogens (tertiary/aromatic N) is 4. The molecule has 3 N–H and O–H groups in total. The van der Waals surface area contributed by atoms with Crippen molar-refractivity contribution < 1.29 is 28.8 Å². The standard InChI is InChI=1S/C42H61N7O6/c1-8-10-17-32(35(50)39(53)45-28(4)29-21-19-27(3)20-22-29)48(7)40(54)33-18-14-25-49(33)41(55)36(42(5,6)9-2)47-38(52)34(30-15-12-11-13-16-30)46-37(51)31-26-43-23-24-44-31/h19-24,26,28,30,32-34,36H,8-18,25H2,1-7H3,(H,45,53)(H,46,51)(H,47,52)/t28-,32-,33-,34-,36+/m0/s1. The van der Waals surface area contributed by atoms with Crippen LogP contribution < -0.4 is 16.0 Å². The predicted molar refractivity (Wildman–Crippen MR) is 209 cm³/mol. The van der Waals surface area contributed by atoms with Crippen molar-refractivity contribution >= 4 is 35.3 Å². The van der Waals surface area contributed by atoms with Gasteiger partial charge in [0.05, 0.1) is 18.3 Å². The lowest BCUT2D eigenvalue weighted by molar-refractivity contribution is -0.151. The van der Waals surface area contributed by atoms with Crippen LogP contribution in [0, 0.1) is 18.3 Å². The van der Waals surface area contributed by atoms with Gasteiger partial charge in [0.15, 0.2) is 0 Å². The van der Waals surface area contributed by atoms with Gasteiger partial charge in [-0.15, -0.1) is 0 Å². The largest absolute Gasteiger partial charge is 0.343 e. The van der Waals surface area contributed by atoms with Gasteiger partial charge in [-0.2, -0.15) is 0 Å². The number of benzene rings is 1. The Bertz CT molecular complexity index is 1640. The second kappa shape index (κ2) is 19.8. The van der Waals surface area contributed by atoms with Gasteiger partial charge in [-0.3, -0.25) is 33.8 Å². The molecule has 0 bridgehead atoms. The summed E-state index contributed by atoms with van der Waals surface area (Å²) in [4.78, 5) is 94.5. The molecule has 13 heteroatoms. The summed E-state index contributed by atoms with van der Waals surface area (Å²) in [5, 5.41) is 8.74. The van der Waals surface area contributed by atoms with Crippen molar-refractivity contribution in [2.75, 3.05) is 13.6 Å². The maximum atomic E-state index is 14.6. The summed E-state index contributed by atoms with van der Waals surface area (Å²) in [5.41, 5.74) is 1.31. The highest BCUT2D eigenvalue weighted by atomic mass is 16.2. The molecule has 0 radical (unpaired) electrons. The predicted octanol–water partition coefficient (Wildman–Crippen LogP) is 4.84. The van der Waals surface area contributed by atoms with Crippen LogP contribution >= 0.6 is 0 Å². The van der Waals surface area contributed by atoms with Gasteiger partial charge >= 0.3 is 0 Å². The van der Waals surface area contributed by atoms with Gasteiger partial charge in [-0.25, -0.2) is 4.98 Å². The number of hydrogen-bond acceptors (Lipinski definition) is 8. The van der Waals surface area contributed by atoms with Crippen molar-refractivity contribution in [1.82, 2.24) is 35.7 Å². The summed E-state index contributed by atoms with van der Waals surface area (Å²) in [6.45, 7) is 11.8. The molecule has 1 saturated heterocycles. The van der Waals surface area contributed by atoms with E-state index in [0.717, 1.165) is 49.7 Å². The van der Waals surface area contributed by atoms with Crippen molar-refractivity contribution in [3.8, 4) is 0 Å². The summed E-state index contributed by atoms with van der Waals surface area (Å²) in [6, 6.07) is 3.49. The van der Waals surface area contributed by atoms with E-state index < -0.39 is 70.9 Å². The number of ketones is 1. The van der Waals surface area contributed by atoms with Gasteiger partial charge < -0.3 is 25.8 Å². The van der Waals surface area contributed by atoms with Crippen molar-refractivity contribution in [2.45, 2.75) is 142 Å². The van der Waals surface area contributed by atoms with Crippen molar-refractivity contribution in [1.29, 1.82) is 0 Å². The molecular weight excluding hydrogens is 699 g/mol. The average molecular weight is 760 g/mol. The molecule has 1 saturated carbocycles. The SMILES string of the molecule is CCCC[C@@H](C(=O)C(=O)N[C@@H](C)c1ccc(C)cc1)N(C)C(=O)[C@@H]1CCCN1C(=O)[C@@H](NC(=O)[C@@H](NC(=O)c1cnccn1)C1CCCCC1)C(C)(C)CC. The number of hydrogen-bond donors (Lipinski definition) is 3. The van der Waals surface area contributed by atoms with Crippen molar-refractivity contribution in [3.63, 3.8) is 0 Å². The van der Waals surface area contributed by atoms with Gasteiger partial charge in [-0.1, -0.05) is 89.6 Å². The van der Waals surface area contributed by atoms with Crippen LogP contribution in [0.25, 0.3) is 0 Å². The van der Waals surface area contributed by atoms with E-state index in [0.29, 0.717) is 38.6 Å². The van der Waals surface area contributed by atoms with E-state index in [9.17, 15) is 28.8 Å². The zero-order valence-electron chi connectivity index (χ0n) is 33.7. The Balaban J connectivity index is 1.54. The molecule has 1 aliphatic carbocycles. The summed E-state index contributed by atoms with van der Waals surface area (Å²) >= 11 is 0. The summed E-state index contributed by atoms with van der Waals surface area (Å²) in [7, 11) is 1.53. The molecule has 1 aromatic carbocycles. The van der Waals surface area contributed by atoms with E-state index in [-0.39, 0.29) is 11.6 Å². The first-order chi connectivity index (χ1) is 26.2. The fourth-order valence-corrected chi connectivity index (χ4v) is 7.62. The van der Waals surface area contributed by atoms with Crippen LogP contribution in [0.2, 0.25) is 0 Å². The second-order valence-electron chi connectivity index (χ2n) is 16.0. The smallest absolute Gasteiger partial charge is 0.290 e. The Kier molecular flexibility index (Phi) is 15.5. The van der Waals surface area contributed by atoms with Gasteiger partial charge in [0.2, 0.25) is 23.5 Å². The molecule has 0 spiro atoms. The van der Waals surface area contributed by atoms with Crippen molar-refractivity contribution in [3.05, 3.63) is 59.7 Å². The summed E-state index contributed by atoms with van der Waals surface area (Å²) < 4.78 is 0. The lowest BCUT2D eigenvalue weighted by Gasteiger charge is -2.39. The van der Waals surface area contributed by atoms with Gasteiger partial charge in [0.1, 0.15) is 23.8 Å². The van der Waals surface area contributed by atoms with Gasteiger partial charge in [0, 0.05) is 26.0 Å². The number of aromatic nitrogens is 2. The summed E-state index contributed by atoms with van der Waals surface area (Å²) in [5.74, 6) is -3.38. The molecule has 5 atom stereocenters. The Morgan fingerprint density at radius 1 is 0.927 bits per heavy atom. The highest BCUT2D eigenvalue weighted by molar-refractivity contribution is 6.38. The Morgan fingerprint density at radius 3 is 2.24 bits per heavy atom. The molecule has 300 valence electrons. The Morgan fingerprint density at radius 2 is 1.62 bits per heavy atom. The number of aryl methyl sites for hydroxylation is 1. The molecule has 2 heterocycles. The zero-order valence-corrected chi connectivity index (χ0v) is 33.7. The molecule has 4 rings (SSSR count). The molecule has 2 aromatic rings. The fourth-order valence-electron chi connectivity index (χ4n) is 7.62. The third-order valence-electron chi connectivity index (χ3n) is 11.6. The number of carbonyl (C=O) groups excluding carboxylic acids is 6. The number of rotatable bonds is 17. The molecule has 2 aliphatic rings. The van der Waals surface area contributed by atoms with Crippen LogP contribution in [0.15, 0.2) is 42.9 Å². The number of nitrogens with one attached hydrogen (secondary N) is 3. The molecular formula is C42H61N7O6. The third kappa shape index (κ3) is 11.0. The first-order valence-electron chi connectivity index (χ1n) is 20.1. The lowest BCUT2D eigenvalue weighted by atomic mass is 9.79. The number of unbranched alkanes of at least 4 members (excludes halogenated alkanes) is 1. The topological polar surface area (TPSA) is 171 Å². The highest BCUT2D eigenvalue weighted by Crippen LogP contribution is 2.32. The van der Waals surface area contributed by atoms with E-state index in [1.807, 2.05) is 65.8 Å². The van der Waals surface area contributed by atoms with Crippen LogP contribution in [-0.2, 0) is 24.0 Å². The maximum Gasteiger partial charge on any atom is 0.290 e. The first-order valence-corrected chi connectivity index (χ1v) is 20.1. The van der Waals surface area contributed by atoms with E-state index in [4.69, 9.17) is 0 Å². The number of Topliss-reactive ketones (excluding diaryl/α,β-unsaturated/α-hetero) is 1. The fraction of sp³-hybridized carbons (Fsp3) is 0.619. The minimum absolute atomic E-state index is 0.0918. The van der Waals surface area contributed by atoms with Crippen LogP contribution in [0.3, 0.4) is 0 Å². The van der Waals surface area contributed by atoms with E-state index in [2.05, 4.69) is 25.9 Å². The quantitative estimate of drug-likeness (QED) is 0.193. The molecule has 2 fully saturated rings. The maximum absolute atomic E-state index is 14.6. The first kappa shape index (κ1) is 43.1. The van der Waals surface area contributed by atoms with E-state index in [1.54, 1.807) is 0 Å². The highest BCUT2D eigenvalue weighted by Gasteiger charge is 2.46. The Hall–Kier alpha value is -4.68. The van der Waals surface area contributed by atoms with E-state index in [1.165, 1.54) is 35.4 Å². The van der Waals surface area contributed by atoms with Crippen molar-refractivity contribution in [2.24, 2.45) is 11.3 Å². The molecule has 5 amide bonds. The number of likely N-dealkylation sites (N-methyl/N-ethyl adjacent to an activating group) is 1. The Labute approximate surface area is 326 Å². The number of amides is 5. The molecule has 1 aromatic heterocycles. The second-order valence-corrected chi connectivity index (χ2v) is 16.0. The molecule has 0 unspecified atom stereocenters. The van der Waals surface area contributed by atoms with Crippen LogP contribution in [0.4, 0.5) is 0 Å². The van der Waals surface area contributed by atoms with E-state index >= 15 is 0 Å². The average Bonchev–Trinajstić information content (AvgIpc) is 3.69. The lowest BCUT2D eigenvalue weighted by Crippen LogP contribution is -2.62. The molecule has 13 nitrogen and oxygen atoms in total. The zero-order chi connectivity index (χ0) is 40.3. The third-order valence-corrected chi connectivity index (χ3v) is 11.6. The number of carbonyl (C=O) groups is 6. The monoisotopic (exact) mass is 759 g/mol.